The zero-order valence-corrected chi connectivity index (χ0v) is 13.7. The van der Waals surface area contributed by atoms with Crippen LogP contribution in [0.2, 0.25) is 5.15 Å². The van der Waals surface area contributed by atoms with Gasteiger partial charge in [0.15, 0.2) is 0 Å². The summed E-state index contributed by atoms with van der Waals surface area (Å²) in [6, 6.07) is 10.6. The van der Waals surface area contributed by atoms with Crippen LogP contribution in [0.15, 0.2) is 42.5 Å². The van der Waals surface area contributed by atoms with Crippen molar-refractivity contribution in [1.29, 1.82) is 0 Å². The molecule has 2 heterocycles. The molecule has 0 aliphatic carbocycles. The number of pyridine rings is 1. The number of piperazine rings is 1. The minimum absolute atomic E-state index is 0.254. The van der Waals surface area contributed by atoms with Gasteiger partial charge in [-0.1, -0.05) is 35.4 Å². The largest absolute Gasteiger partial charge is 0.314 e. The fraction of sp³-hybridized carbons (Fsp3) is 0.389. The number of halogens is 1. The van der Waals surface area contributed by atoms with E-state index in [9.17, 15) is 0 Å². The van der Waals surface area contributed by atoms with Gasteiger partial charge in [0.1, 0.15) is 5.15 Å². The first-order chi connectivity index (χ1) is 10.6. The fourth-order valence-corrected chi connectivity index (χ4v) is 3.37. The molecule has 1 aliphatic rings. The summed E-state index contributed by atoms with van der Waals surface area (Å²) in [7, 11) is 0. The monoisotopic (exact) mass is 315 g/mol. The molecule has 1 N–H and O–H groups in total. The first-order valence-electron chi connectivity index (χ1n) is 7.79. The van der Waals surface area contributed by atoms with E-state index in [1.54, 1.807) is 0 Å². The summed E-state index contributed by atoms with van der Waals surface area (Å²) >= 11 is 6.52. The highest BCUT2D eigenvalue weighted by atomic mass is 35.5. The van der Waals surface area contributed by atoms with Crippen molar-refractivity contribution in [1.82, 2.24) is 15.2 Å². The highest BCUT2D eigenvalue weighted by molar-refractivity contribution is 6.30. The molecule has 3 nitrogen and oxygen atoms in total. The average Bonchev–Trinajstić information content (AvgIpc) is 2.53. The molecule has 1 aromatic heterocycles. The van der Waals surface area contributed by atoms with Crippen LogP contribution in [-0.2, 0) is 0 Å². The van der Waals surface area contributed by atoms with Crippen LogP contribution in [0.25, 0.3) is 10.9 Å². The SMILES string of the molecule is C=C(C)C[C@H](c1cc2ccccc2nc1Cl)N1CCNCC1. The minimum atomic E-state index is 0.254. The molecule has 1 fully saturated rings. The number of para-hydroxylation sites is 1. The minimum Gasteiger partial charge on any atom is -0.314 e. The molecule has 0 amide bonds. The third-order valence-electron chi connectivity index (χ3n) is 4.20. The fourth-order valence-electron chi connectivity index (χ4n) is 3.10. The molecular weight excluding hydrogens is 294 g/mol. The predicted octanol–water partition coefficient (Wildman–Crippen LogP) is 3.80. The molecule has 116 valence electrons. The summed E-state index contributed by atoms with van der Waals surface area (Å²) in [5.74, 6) is 0. The predicted molar refractivity (Wildman–Crippen MR) is 93.4 cm³/mol. The van der Waals surface area contributed by atoms with Crippen LogP contribution in [0.1, 0.15) is 24.9 Å². The van der Waals surface area contributed by atoms with Crippen LogP contribution in [0.4, 0.5) is 0 Å². The number of hydrogen-bond acceptors (Lipinski definition) is 3. The van der Waals surface area contributed by atoms with Crippen LogP contribution >= 0.6 is 11.6 Å². The highest BCUT2D eigenvalue weighted by Gasteiger charge is 2.25. The van der Waals surface area contributed by atoms with Gasteiger partial charge in [0, 0.05) is 43.2 Å². The van der Waals surface area contributed by atoms with E-state index in [0.29, 0.717) is 5.15 Å². The Morgan fingerprint density at radius 2 is 2.09 bits per heavy atom. The van der Waals surface area contributed by atoms with E-state index >= 15 is 0 Å². The Balaban J connectivity index is 2.02. The van der Waals surface area contributed by atoms with Gasteiger partial charge in [-0.2, -0.15) is 0 Å². The molecule has 3 rings (SSSR count). The molecule has 0 unspecified atom stereocenters. The van der Waals surface area contributed by atoms with E-state index in [0.717, 1.165) is 49.1 Å². The molecule has 22 heavy (non-hydrogen) atoms. The van der Waals surface area contributed by atoms with Crippen molar-refractivity contribution in [2.75, 3.05) is 26.2 Å². The van der Waals surface area contributed by atoms with Gasteiger partial charge in [-0.3, -0.25) is 4.90 Å². The lowest BCUT2D eigenvalue weighted by molar-refractivity contribution is 0.172. The molecule has 4 heteroatoms. The summed E-state index contributed by atoms with van der Waals surface area (Å²) in [5.41, 5.74) is 3.24. The molecule has 2 aromatic rings. The Morgan fingerprint density at radius 3 is 2.82 bits per heavy atom. The van der Waals surface area contributed by atoms with Crippen LogP contribution in [0.3, 0.4) is 0 Å². The van der Waals surface area contributed by atoms with Gasteiger partial charge in [0.25, 0.3) is 0 Å². The second-order valence-electron chi connectivity index (χ2n) is 6.02. The van der Waals surface area contributed by atoms with Crippen LogP contribution in [-0.4, -0.2) is 36.1 Å². The molecule has 1 atom stereocenters. The zero-order valence-electron chi connectivity index (χ0n) is 13.0. The molecule has 1 aromatic carbocycles. The van der Waals surface area contributed by atoms with Crippen molar-refractivity contribution < 1.29 is 0 Å². The number of fused-ring (bicyclic) bond motifs is 1. The van der Waals surface area contributed by atoms with Gasteiger partial charge in [-0.05, 0) is 25.5 Å². The van der Waals surface area contributed by atoms with Gasteiger partial charge in [-0.25, -0.2) is 4.98 Å². The van der Waals surface area contributed by atoms with E-state index in [1.165, 1.54) is 5.57 Å². The lowest BCUT2D eigenvalue weighted by Gasteiger charge is -2.35. The third kappa shape index (κ3) is 3.32. The van der Waals surface area contributed by atoms with E-state index in [2.05, 4.69) is 40.8 Å². The van der Waals surface area contributed by atoms with E-state index in [-0.39, 0.29) is 6.04 Å². The Kier molecular flexibility index (Phi) is 4.77. The molecule has 0 saturated carbocycles. The first kappa shape index (κ1) is 15.5. The van der Waals surface area contributed by atoms with Crippen LogP contribution in [0, 0.1) is 0 Å². The molecular formula is C18H22ClN3. The van der Waals surface area contributed by atoms with Crippen molar-refractivity contribution >= 4 is 22.5 Å². The van der Waals surface area contributed by atoms with Crippen LogP contribution < -0.4 is 5.32 Å². The highest BCUT2D eigenvalue weighted by Crippen LogP contribution is 2.33. The van der Waals surface area contributed by atoms with Gasteiger partial charge in [0.2, 0.25) is 0 Å². The van der Waals surface area contributed by atoms with Gasteiger partial charge in [-0.15, -0.1) is 6.58 Å². The average molecular weight is 316 g/mol. The molecule has 0 radical (unpaired) electrons. The summed E-state index contributed by atoms with van der Waals surface area (Å²) < 4.78 is 0. The van der Waals surface area contributed by atoms with Gasteiger partial charge >= 0.3 is 0 Å². The maximum absolute atomic E-state index is 6.52. The summed E-state index contributed by atoms with van der Waals surface area (Å²) in [6.07, 6.45) is 0.916. The second kappa shape index (κ2) is 6.78. The molecule has 1 saturated heterocycles. The molecule has 1 aliphatic heterocycles. The number of hydrogen-bond donors (Lipinski definition) is 1. The number of rotatable bonds is 4. The van der Waals surface area contributed by atoms with E-state index < -0.39 is 0 Å². The third-order valence-corrected chi connectivity index (χ3v) is 4.50. The van der Waals surface area contributed by atoms with Crippen molar-refractivity contribution in [3.8, 4) is 0 Å². The van der Waals surface area contributed by atoms with Crippen molar-refractivity contribution in [3.05, 3.63) is 53.2 Å². The van der Waals surface area contributed by atoms with E-state index in [1.807, 2.05) is 18.2 Å². The number of nitrogens with one attached hydrogen (secondary N) is 1. The van der Waals surface area contributed by atoms with Gasteiger partial charge in [0.05, 0.1) is 5.52 Å². The molecule has 0 spiro atoms. The Bertz CT molecular complexity index is 677. The summed E-state index contributed by atoms with van der Waals surface area (Å²) in [4.78, 5) is 7.08. The van der Waals surface area contributed by atoms with E-state index in [4.69, 9.17) is 11.6 Å². The van der Waals surface area contributed by atoms with Gasteiger partial charge < -0.3 is 5.32 Å². The number of aromatic nitrogens is 1. The Morgan fingerprint density at radius 1 is 1.36 bits per heavy atom. The first-order valence-corrected chi connectivity index (χ1v) is 8.17. The normalized spacial score (nSPS) is 17.5. The van der Waals surface area contributed by atoms with Crippen molar-refractivity contribution in [3.63, 3.8) is 0 Å². The number of nitrogens with zero attached hydrogens (tertiary/aromatic N) is 2. The summed E-state index contributed by atoms with van der Waals surface area (Å²) in [6.45, 7) is 10.3. The second-order valence-corrected chi connectivity index (χ2v) is 6.38. The Labute approximate surface area is 137 Å². The summed E-state index contributed by atoms with van der Waals surface area (Å²) in [5, 5.41) is 5.16. The quantitative estimate of drug-likeness (QED) is 0.687. The molecule has 0 bridgehead atoms. The van der Waals surface area contributed by atoms with Crippen molar-refractivity contribution in [2.45, 2.75) is 19.4 Å². The van der Waals surface area contributed by atoms with Crippen LogP contribution in [0.5, 0.6) is 0 Å². The lowest BCUT2D eigenvalue weighted by atomic mass is 9.98. The maximum Gasteiger partial charge on any atom is 0.134 e. The smallest absolute Gasteiger partial charge is 0.134 e. The topological polar surface area (TPSA) is 28.2 Å². The van der Waals surface area contributed by atoms with Crippen molar-refractivity contribution in [2.24, 2.45) is 0 Å². The zero-order chi connectivity index (χ0) is 15.5. The Hall–Kier alpha value is -1.42. The number of benzene rings is 1. The standard InChI is InChI=1S/C18H22ClN3/c1-13(2)11-17(22-9-7-20-8-10-22)15-12-14-5-3-4-6-16(14)21-18(15)19/h3-6,12,17,20H,1,7-11H2,2H3/t17-/m1/s1. The maximum atomic E-state index is 6.52. The lowest BCUT2D eigenvalue weighted by Crippen LogP contribution is -2.45.